The third-order valence-electron chi connectivity index (χ3n) is 2.37. The molecule has 0 fully saturated rings. The first kappa shape index (κ1) is 13.4. The predicted octanol–water partition coefficient (Wildman–Crippen LogP) is 3.68. The lowest BCUT2D eigenvalue weighted by Crippen LogP contribution is -2.01. The Morgan fingerprint density at radius 3 is 2.83 bits per heavy atom. The molecule has 0 aliphatic heterocycles. The molecule has 2 N–H and O–H groups in total. The average Bonchev–Trinajstić information content (AvgIpc) is 2.36. The van der Waals surface area contributed by atoms with Crippen LogP contribution in [0.15, 0.2) is 39.7 Å². The van der Waals surface area contributed by atoms with Gasteiger partial charge in [0.1, 0.15) is 11.6 Å². The standard InChI is InChI=1S/C13H14BrN3S/c1-2-10-7-12(15)17-13(16-10)8-18-11-5-3-4-9(14)6-11/h3-7H,2,8H2,1H3,(H2,15,16,17). The number of halogens is 1. The number of anilines is 1. The molecule has 0 unspecified atom stereocenters. The van der Waals surface area contributed by atoms with Crippen molar-refractivity contribution in [1.29, 1.82) is 0 Å². The van der Waals surface area contributed by atoms with Crippen LogP contribution in [-0.2, 0) is 12.2 Å². The molecule has 1 aromatic carbocycles. The van der Waals surface area contributed by atoms with Crippen molar-refractivity contribution in [2.24, 2.45) is 0 Å². The van der Waals surface area contributed by atoms with E-state index in [9.17, 15) is 0 Å². The summed E-state index contributed by atoms with van der Waals surface area (Å²) in [5, 5.41) is 0. The second kappa shape index (κ2) is 6.20. The topological polar surface area (TPSA) is 51.8 Å². The van der Waals surface area contributed by atoms with Crippen molar-refractivity contribution in [1.82, 2.24) is 9.97 Å². The normalized spacial score (nSPS) is 10.6. The van der Waals surface area contributed by atoms with Gasteiger partial charge in [0.2, 0.25) is 0 Å². The molecule has 0 spiro atoms. The van der Waals surface area contributed by atoms with Crippen LogP contribution in [0.25, 0.3) is 0 Å². The Labute approximate surface area is 119 Å². The Morgan fingerprint density at radius 2 is 2.11 bits per heavy atom. The van der Waals surface area contributed by atoms with Gasteiger partial charge in [-0.25, -0.2) is 9.97 Å². The number of aromatic nitrogens is 2. The zero-order valence-corrected chi connectivity index (χ0v) is 12.5. The molecule has 0 aliphatic rings. The van der Waals surface area contributed by atoms with Gasteiger partial charge < -0.3 is 5.73 Å². The molecule has 94 valence electrons. The van der Waals surface area contributed by atoms with Gasteiger partial charge in [-0.2, -0.15) is 0 Å². The molecule has 1 aromatic heterocycles. The first-order chi connectivity index (χ1) is 8.67. The van der Waals surface area contributed by atoms with Gasteiger partial charge in [-0.15, -0.1) is 11.8 Å². The van der Waals surface area contributed by atoms with E-state index in [1.165, 1.54) is 4.90 Å². The minimum atomic E-state index is 0.548. The highest BCUT2D eigenvalue weighted by Gasteiger charge is 2.03. The summed E-state index contributed by atoms with van der Waals surface area (Å²) >= 11 is 5.16. The van der Waals surface area contributed by atoms with Gasteiger partial charge in [0, 0.05) is 21.1 Å². The number of hydrogen-bond donors (Lipinski definition) is 1. The lowest BCUT2D eigenvalue weighted by Gasteiger charge is -2.04. The number of nitrogen functional groups attached to an aromatic ring is 1. The quantitative estimate of drug-likeness (QED) is 0.872. The van der Waals surface area contributed by atoms with E-state index in [4.69, 9.17) is 5.73 Å². The largest absolute Gasteiger partial charge is 0.384 e. The molecule has 0 amide bonds. The molecule has 0 saturated heterocycles. The van der Waals surface area contributed by atoms with E-state index >= 15 is 0 Å². The second-order valence-corrected chi connectivity index (χ2v) is 5.76. The van der Waals surface area contributed by atoms with E-state index in [-0.39, 0.29) is 0 Å². The van der Waals surface area contributed by atoms with E-state index in [1.54, 1.807) is 11.8 Å². The highest BCUT2D eigenvalue weighted by atomic mass is 79.9. The lowest BCUT2D eigenvalue weighted by atomic mass is 10.3. The van der Waals surface area contributed by atoms with Crippen LogP contribution in [-0.4, -0.2) is 9.97 Å². The van der Waals surface area contributed by atoms with Crippen LogP contribution in [0.2, 0.25) is 0 Å². The summed E-state index contributed by atoms with van der Waals surface area (Å²) in [4.78, 5) is 9.91. The van der Waals surface area contributed by atoms with Crippen LogP contribution >= 0.6 is 27.7 Å². The summed E-state index contributed by atoms with van der Waals surface area (Å²) < 4.78 is 1.08. The van der Waals surface area contributed by atoms with Crippen molar-refractivity contribution >= 4 is 33.5 Å². The van der Waals surface area contributed by atoms with E-state index in [1.807, 2.05) is 18.2 Å². The van der Waals surface area contributed by atoms with Gasteiger partial charge in [0.25, 0.3) is 0 Å². The van der Waals surface area contributed by atoms with E-state index in [0.29, 0.717) is 5.82 Å². The SMILES string of the molecule is CCc1cc(N)nc(CSc2cccc(Br)c2)n1. The number of benzene rings is 1. The molecule has 3 nitrogen and oxygen atoms in total. The second-order valence-electron chi connectivity index (χ2n) is 3.80. The minimum Gasteiger partial charge on any atom is -0.384 e. The van der Waals surface area contributed by atoms with Crippen LogP contribution in [0.5, 0.6) is 0 Å². The van der Waals surface area contributed by atoms with Crippen molar-refractivity contribution in [3.8, 4) is 0 Å². The molecule has 0 aliphatic carbocycles. The van der Waals surface area contributed by atoms with E-state index in [2.05, 4.69) is 45.0 Å². The summed E-state index contributed by atoms with van der Waals surface area (Å²) in [5.41, 5.74) is 6.75. The maximum atomic E-state index is 5.76. The van der Waals surface area contributed by atoms with Crippen LogP contribution in [0.4, 0.5) is 5.82 Å². The van der Waals surface area contributed by atoms with Crippen LogP contribution in [0.1, 0.15) is 18.4 Å². The van der Waals surface area contributed by atoms with E-state index < -0.39 is 0 Å². The van der Waals surface area contributed by atoms with Crippen molar-refractivity contribution in [3.63, 3.8) is 0 Å². The Bertz CT molecular complexity index is 546. The number of nitrogens with zero attached hydrogens (tertiary/aromatic N) is 2. The number of hydrogen-bond acceptors (Lipinski definition) is 4. The van der Waals surface area contributed by atoms with Gasteiger partial charge in [-0.05, 0) is 24.6 Å². The van der Waals surface area contributed by atoms with E-state index in [0.717, 1.165) is 28.2 Å². The maximum Gasteiger partial charge on any atom is 0.141 e. The Hall–Kier alpha value is -1.07. The van der Waals surface area contributed by atoms with Crippen LogP contribution in [0, 0.1) is 0 Å². The van der Waals surface area contributed by atoms with Crippen LogP contribution in [0.3, 0.4) is 0 Å². The molecule has 0 bridgehead atoms. The predicted molar refractivity (Wildman–Crippen MR) is 79.5 cm³/mol. The van der Waals surface area contributed by atoms with Gasteiger partial charge in [0.05, 0.1) is 5.75 Å². The Kier molecular flexibility index (Phi) is 4.60. The van der Waals surface area contributed by atoms with Gasteiger partial charge in [0.15, 0.2) is 0 Å². The van der Waals surface area contributed by atoms with Crippen LogP contribution < -0.4 is 5.73 Å². The molecule has 2 rings (SSSR count). The molecular weight excluding hydrogens is 310 g/mol. The molecular formula is C13H14BrN3S. The Balaban J connectivity index is 2.08. The number of nitrogens with two attached hydrogens (primary N) is 1. The molecule has 18 heavy (non-hydrogen) atoms. The smallest absolute Gasteiger partial charge is 0.141 e. The first-order valence-corrected chi connectivity index (χ1v) is 7.46. The highest BCUT2D eigenvalue weighted by molar-refractivity contribution is 9.10. The Morgan fingerprint density at radius 1 is 1.28 bits per heavy atom. The molecule has 0 atom stereocenters. The molecule has 1 heterocycles. The summed E-state index contributed by atoms with van der Waals surface area (Å²) in [6.07, 6.45) is 0.876. The van der Waals surface area contributed by atoms with Gasteiger partial charge >= 0.3 is 0 Å². The summed E-state index contributed by atoms with van der Waals surface area (Å²) in [6, 6.07) is 10.0. The van der Waals surface area contributed by atoms with Crippen molar-refractivity contribution in [2.75, 3.05) is 5.73 Å². The fraction of sp³-hybridized carbons (Fsp3) is 0.231. The zero-order valence-electron chi connectivity index (χ0n) is 10.1. The summed E-state index contributed by atoms with van der Waals surface area (Å²) in [6.45, 7) is 2.06. The summed E-state index contributed by atoms with van der Waals surface area (Å²) in [7, 11) is 0. The maximum absolute atomic E-state index is 5.76. The molecule has 0 saturated carbocycles. The summed E-state index contributed by atoms with van der Waals surface area (Å²) in [5.74, 6) is 2.07. The first-order valence-electron chi connectivity index (χ1n) is 5.68. The molecule has 0 radical (unpaired) electrons. The third-order valence-corrected chi connectivity index (χ3v) is 3.85. The minimum absolute atomic E-state index is 0.548. The van der Waals surface area contributed by atoms with Crippen molar-refractivity contribution in [2.45, 2.75) is 24.0 Å². The van der Waals surface area contributed by atoms with Gasteiger partial charge in [-0.3, -0.25) is 0 Å². The fourth-order valence-electron chi connectivity index (χ4n) is 1.53. The average molecular weight is 324 g/mol. The number of aryl methyl sites for hydroxylation is 1. The fourth-order valence-corrected chi connectivity index (χ4v) is 2.89. The zero-order chi connectivity index (χ0) is 13.0. The highest BCUT2D eigenvalue weighted by Crippen LogP contribution is 2.24. The van der Waals surface area contributed by atoms with Gasteiger partial charge in [-0.1, -0.05) is 28.9 Å². The number of thioether (sulfide) groups is 1. The van der Waals surface area contributed by atoms with Crippen molar-refractivity contribution < 1.29 is 0 Å². The third kappa shape index (κ3) is 3.71. The molecule has 5 heteroatoms. The lowest BCUT2D eigenvalue weighted by molar-refractivity contribution is 0.945. The van der Waals surface area contributed by atoms with Crippen molar-refractivity contribution in [3.05, 3.63) is 46.3 Å². The number of rotatable bonds is 4. The molecule has 2 aromatic rings. The monoisotopic (exact) mass is 323 g/mol.